The summed E-state index contributed by atoms with van der Waals surface area (Å²) in [5.74, 6) is -1.42. The van der Waals surface area contributed by atoms with E-state index in [1.54, 1.807) is 24.3 Å². The zero-order valence-electron chi connectivity index (χ0n) is 20.3. The van der Waals surface area contributed by atoms with Gasteiger partial charge in [-0.15, -0.1) is 0 Å². The van der Waals surface area contributed by atoms with Crippen LogP contribution < -0.4 is 5.32 Å². The lowest BCUT2D eigenvalue weighted by Crippen LogP contribution is -2.45. The van der Waals surface area contributed by atoms with Crippen molar-refractivity contribution >= 4 is 22.7 Å². The van der Waals surface area contributed by atoms with Gasteiger partial charge < -0.3 is 10.4 Å². The number of amides is 1. The van der Waals surface area contributed by atoms with E-state index < -0.39 is 34.1 Å². The SMILES string of the molecule is O=C(CC(c1ccccc1)(c1ccccc1)c1ccccc1)N[C@H](CC[S@](=O)c1ccccc1)C(=O)O. The molecule has 0 fully saturated rings. The molecule has 4 aromatic rings. The molecule has 0 bridgehead atoms. The van der Waals surface area contributed by atoms with Gasteiger partial charge in [0, 0.05) is 17.1 Å². The average Bonchev–Trinajstić information content (AvgIpc) is 2.95. The van der Waals surface area contributed by atoms with Gasteiger partial charge in [0.25, 0.3) is 0 Å². The normalized spacial score (nSPS) is 12.9. The molecule has 4 rings (SSSR count). The van der Waals surface area contributed by atoms with Gasteiger partial charge in [-0.25, -0.2) is 4.79 Å². The molecule has 188 valence electrons. The minimum absolute atomic E-state index is 0.0105. The Balaban J connectivity index is 1.63. The van der Waals surface area contributed by atoms with E-state index in [9.17, 15) is 18.9 Å². The van der Waals surface area contributed by atoms with Crippen LogP contribution in [0.25, 0.3) is 0 Å². The first-order valence-electron chi connectivity index (χ1n) is 12.1. The molecule has 0 saturated carbocycles. The van der Waals surface area contributed by atoms with Crippen molar-refractivity contribution in [2.45, 2.75) is 29.2 Å². The first-order valence-corrected chi connectivity index (χ1v) is 13.4. The summed E-state index contributed by atoms with van der Waals surface area (Å²) in [4.78, 5) is 26.2. The maximum atomic E-state index is 13.6. The maximum absolute atomic E-state index is 13.6. The van der Waals surface area contributed by atoms with Crippen LogP contribution in [0.5, 0.6) is 0 Å². The molecule has 0 aromatic heterocycles. The minimum atomic E-state index is -1.36. The summed E-state index contributed by atoms with van der Waals surface area (Å²) in [7, 11) is -1.36. The first-order chi connectivity index (χ1) is 18.0. The highest BCUT2D eigenvalue weighted by Gasteiger charge is 2.39. The van der Waals surface area contributed by atoms with Gasteiger partial charge in [-0.05, 0) is 35.2 Å². The van der Waals surface area contributed by atoms with Crippen LogP contribution in [0.4, 0.5) is 0 Å². The number of hydrogen-bond donors (Lipinski definition) is 2. The third kappa shape index (κ3) is 6.22. The summed E-state index contributed by atoms with van der Waals surface area (Å²) < 4.78 is 12.6. The van der Waals surface area contributed by atoms with Crippen molar-refractivity contribution in [1.29, 1.82) is 0 Å². The highest BCUT2D eigenvalue weighted by molar-refractivity contribution is 7.85. The Morgan fingerprint density at radius 1 is 0.703 bits per heavy atom. The smallest absolute Gasteiger partial charge is 0.326 e. The van der Waals surface area contributed by atoms with Gasteiger partial charge in [-0.2, -0.15) is 0 Å². The van der Waals surface area contributed by atoms with Crippen molar-refractivity contribution < 1.29 is 18.9 Å². The van der Waals surface area contributed by atoms with Crippen LogP contribution in [-0.2, 0) is 25.8 Å². The Morgan fingerprint density at radius 2 is 1.11 bits per heavy atom. The molecule has 0 unspecified atom stereocenters. The third-order valence-electron chi connectivity index (χ3n) is 6.46. The molecule has 1 amide bonds. The molecule has 37 heavy (non-hydrogen) atoms. The van der Waals surface area contributed by atoms with E-state index in [4.69, 9.17) is 0 Å². The van der Waals surface area contributed by atoms with Crippen molar-refractivity contribution in [3.63, 3.8) is 0 Å². The molecule has 4 aromatic carbocycles. The van der Waals surface area contributed by atoms with E-state index in [0.29, 0.717) is 4.90 Å². The molecule has 0 saturated heterocycles. The van der Waals surface area contributed by atoms with Crippen LogP contribution in [0.15, 0.2) is 126 Å². The summed E-state index contributed by atoms with van der Waals surface area (Å²) >= 11 is 0. The predicted molar refractivity (Wildman–Crippen MR) is 146 cm³/mol. The molecule has 0 spiro atoms. The predicted octanol–water partition coefficient (Wildman–Crippen LogP) is 5.18. The zero-order chi connectivity index (χ0) is 26.1. The van der Waals surface area contributed by atoms with Gasteiger partial charge in [0.2, 0.25) is 5.91 Å². The van der Waals surface area contributed by atoms with Gasteiger partial charge >= 0.3 is 5.97 Å². The Kier molecular flexibility index (Phi) is 8.64. The molecule has 5 nitrogen and oxygen atoms in total. The molecule has 6 heteroatoms. The number of rotatable bonds is 11. The molecule has 0 heterocycles. The van der Waals surface area contributed by atoms with Gasteiger partial charge in [0.15, 0.2) is 0 Å². The second-order valence-corrected chi connectivity index (χ2v) is 10.4. The molecule has 2 atom stereocenters. The van der Waals surface area contributed by atoms with Crippen LogP contribution >= 0.6 is 0 Å². The molecule has 0 aliphatic rings. The van der Waals surface area contributed by atoms with E-state index in [-0.39, 0.29) is 18.6 Å². The van der Waals surface area contributed by atoms with Crippen molar-refractivity contribution in [2.75, 3.05) is 5.75 Å². The maximum Gasteiger partial charge on any atom is 0.326 e. The average molecular weight is 512 g/mol. The fourth-order valence-corrected chi connectivity index (χ4v) is 5.78. The first kappa shape index (κ1) is 26.0. The van der Waals surface area contributed by atoms with Crippen molar-refractivity contribution in [3.8, 4) is 0 Å². The van der Waals surface area contributed by atoms with Gasteiger partial charge in [-0.3, -0.25) is 9.00 Å². The second kappa shape index (κ2) is 12.3. The molecule has 0 radical (unpaired) electrons. The number of carboxylic acid groups (broad SMARTS) is 1. The van der Waals surface area contributed by atoms with Crippen LogP contribution in [0.3, 0.4) is 0 Å². The van der Waals surface area contributed by atoms with Crippen LogP contribution in [0.2, 0.25) is 0 Å². The third-order valence-corrected chi connectivity index (χ3v) is 7.86. The topological polar surface area (TPSA) is 83.5 Å². The fourth-order valence-electron chi connectivity index (χ4n) is 4.63. The quantitative estimate of drug-likeness (QED) is 0.272. The Labute approximate surface area is 219 Å². The summed E-state index contributed by atoms with van der Waals surface area (Å²) in [5.41, 5.74) is 1.96. The summed E-state index contributed by atoms with van der Waals surface area (Å²) in [6, 6.07) is 37.1. The summed E-state index contributed by atoms with van der Waals surface area (Å²) in [6.07, 6.45) is 0.0637. The second-order valence-electron chi connectivity index (χ2n) is 8.79. The number of carbonyl (C=O) groups is 2. The highest BCUT2D eigenvalue weighted by atomic mass is 32.2. The van der Waals surface area contributed by atoms with E-state index in [0.717, 1.165) is 16.7 Å². The van der Waals surface area contributed by atoms with E-state index in [1.165, 1.54) is 0 Å². The van der Waals surface area contributed by atoms with E-state index in [2.05, 4.69) is 5.32 Å². The number of nitrogens with one attached hydrogen (secondary N) is 1. The molecular formula is C31H29NO4S. The van der Waals surface area contributed by atoms with E-state index >= 15 is 0 Å². The summed E-state index contributed by atoms with van der Waals surface area (Å²) in [5, 5.41) is 12.6. The number of carboxylic acids is 1. The number of benzene rings is 4. The van der Waals surface area contributed by atoms with Crippen LogP contribution in [0.1, 0.15) is 29.5 Å². The minimum Gasteiger partial charge on any atom is -0.480 e. The van der Waals surface area contributed by atoms with E-state index in [1.807, 2.05) is 97.1 Å². The van der Waals surface area contributed by atoms with Gasteiger partial charge in [0.05, 0.1) is 16.2 Å². The molecule has 2 N–H and O–H groups in total. The van der Waals surface area contributed by atoms with Crippen LogP contribution in [0, 0.1) is 0 Å². The number of hydrogen-bond acceptors (Lipinski definition) is 3. The Hall–Kier alpha value is -4.03. The van der Waals surface area contributed by atoms with Crippen LogP contribution in [-0.4, -0.2) is 33.0 Å². The van der Waals surface area contributed by atoms with Crippen molar-refractivity contribution in [1.82, 2.24) is 5.32 Å². The van der Waals surface area contributed by atoms with Crippen molar-refractivity contribution in [3.05, 3.63) is 138 Å². The lowest BCUT2D eigenvalue weighted by Gasteiger charge is -2.36. The summed E-state index contributed by atoms with van der Waals surface area (Å²) in [6.45, 7) is 0. The van der Waals surface area contributed by atoms with Crippen molar-refractivity contribution in [2.24, 2.45) is 0 Å². The fraction of sp³-hybridized carbons (Fsp3) is 0.161. The van der Waals surface area contributed by atoms with Gasteiger partial charge in [0.1, 0.15) is 6.04 Å². The monoisotopic (exact) mass is 511 g/mol. The lowest BCUT2D eigenvalue weighted by molar-refractivity contribution is -0.142. The molecule has 0 aliphatic heterocycles. The Morgan fingerprint density at radius 3 is 1.51 bits per heavy atom. The molecular weight excluding hydrogens is 482 g/mol. The Bertz CT molecular complexity index is 1230. The highest BCUT2D eigenvalue weighted by Crippen LogP contribution is 2.42. The number of carbonyl (C=O) groups excluding carboxylic acids is 1. The molecule has 0 aliphatic carbocycles. The zero-order valence-corrected chi connectivity index (χ0v) is 21.1. The standard InChI is InChI=1S/C31H29NO4S/c33-29(32-28(30(34)35)21-22-37(36)27-19-11-4-12-20-27)23-31(24-13-5-1-6-14-24,25-15-7-2-8-16-25)26-17-9-3-10-18-26/h1-20,28H,21-23H2,(H,32,33)(H,34,35)/t28-,37+/m1/s1. The lowest BCUT2D eigenvalue weighted by atomic mass is 9.67. The number of aliphatic carboxylic acids is 1. The largest absolute Gasteiger partial charge is 0.480 e. The van der Waals surface area contributed by atoms with Gasteiger partial charge in [-0.1, -0.05) is 109 Å².